The van der Waals surface area contributed by atoms with Gasteiger partial charge in [0.1, 0.15) is 12.6 Å². The van der Waals surface area contributed by atoms with Crippen LogP contribution in [0.4, 0.5) is 4.79 Å². The number of alkyl carbamates (subject to hydrolysis) is 1. The molecular formula is C22H23N3O3. The van der Waals surface area contributed by atoms with E-state index in [1.54, 1.807) is 0 Å². The third-order valence-corrected chi connectivity index (χ3v) is 4.77. The van der Waals surface area contributed by atoms with Gasteiger partial charge in [0.05, 0.1) is 6.54 Å². The summed E-state index contributed by atoms with van der Waals surface area (Å²) in [5, 5.41) is 5.12. The van der Waals surface area contributed by atoms with Gasteiger partial charge in [-0.05, 0) is 35.2 Å². The van der Waals surface area contributed by atoms with Gasteiger partial charge in [-0.2, -0.15) is 0 Å². The Balaban J connectivity index is 1.66. The van der Waals surface area contributed by atoms with Crippen LogP contribution in [-0.2, 0) is 9.53 Å². The van der Waals surface area contributed by atoms with E-state index in [9.17, 15) is 9.59 Å². The lowest BCUT2D eigenvalue weighted by Crippen LogP contribution is -2.48. The predicted octanol–water partition coefficient (Wildman–Crippen LogP) is 1.99. The Morgan fingerprint density at radius 1 is 1.11 bits per heavy atom. The Kier molecular flexibility index (Phi) is 6.30. The van der Waals surface area contributed by atoms with Crippen LogP contribution in [0.15, 0.2) is 48.5 Å². The fourth-order valence-electron chi connectivity index (χ4n) is 3.48. The Hall–Kier alpha value is -3.30. The normalized spacial score (nSPS) is 13.0. The van der Waals surface area contributed by atoms with Crippen LogP contribution in [0.2, 0.25) is 0 Å². The highest BCUT2D eigenvalue weighted by Crippen LogP contribution is 2.44. The molecule has 2 aromatic rings. The maximum atomic E-state index is 12.3. The van der Waals surface area contributed by atoms with E-state index in [0.29, 0.717) is 6.42 Å². The quantitative estimate of drug-likeness (QED) is 0.644. The third kappa shape index (κ3) is 4.16. The number of hydrogen-bond acceptors (Lipinski definition) is 4. The van der Waals surface area contributed by atoms with Crippen LogP contribution in [0.3, 0.4) is 0 Å². The van der Waals surface area contributed by atoms with Crippen LogP contribution in [0.25, 0.3) is 11.1 Å². The first-order valence-corrected chi connectivity index (χ1v) is 9.18. The van der Waals surface area contributed by atoms with E-state index in [1.807, 2.05) is 36.4 Å². The van der Waals surface area contributed by atoms with E-state index in [-0.39, 0.29) is 31.5 Å². The molecule has 144 valence electrons. The van der Waals surface area contributed by atoms with Crippen LogP contribution < -0.4 is 16.4 Å². The molecule has 0 fully saturated rings. The molecule has 0 aliphatic heterocycles. The van der Waals surface area contributed by atoms with Crippen molar-refractivity contribution in [1.82, 2.24) is 10.6 Å². The van der Waals surface area contributed by atoms with Crippen molar-refractivity contribution in [2.45, 2.75) is 18.4 Å². The highest BCUT2D eigenvalue weighted by Gasteiger charge is 2.29. The maximum absolute atomic E-state index is 12.3. The van der Waals surface area contributed by atoms with E-state index in [0.717, 1.165) is 22.3 Å². The number of fused-ring (bicyclic) bond motifs is 3. The maximum Gasteiger partial charge on any atom is 0.407 e. The van der Waals surface area contributed by atoms with Gasteiger partial charge < -0.3 is 21.1 Å². The zero-order valence-electron chi connectivity index (χ0n) is 15.5. The van der Waals surface area contributed by atoms with Gasteiger partial charge in [-0.3, -0.25) is 4.79 Å². The highest BCUT2D eigenvalue weighted by molar-refractivity contribution is 5.86. The molecule has 1 aliphatic carbocycles. The topological polar surface area (TPSA) is 93.5 Å². The first kappa shape index (κ1) is 19.5. The third-order valence-electron chi connectivity index (χ3n) is 4.77. The fourth-order valence-corrected chi connectivity index (χ4v) is 3.48. The van der Waals surface area contributed by atoms with Crippen molar-refractivity contribution < 1.29 is 14.3 Å². The van der Waals surface area contributed by atoms with Crippen LogP contribution >= 0.6 is 0 Å². The van der Waals surface area contributed by atoms with Gasteiger partial charge in [0.2, 0.25) is 5.91 Å². The number of nitrogens with two attached hydrogens (primary N) is 1. The second kappa shape index (κ2) is 9.07. The lowest BCUT2D eigenvalue weighted by atomic mass is 9.98. The second-order valence-corrected chi connectivity index (χ2v) is 6.52. The summed E-state index contributed by atoms with van der Waals surface area (Å²) >= 11 is 0. The molecule has 0 heterocycles. The van der Waals surface area contributed by atoms with E-state index >= 15 is 0 Å². The molecule has 0 bridgehead atoms. The second-order valence-electron chi connectivity index (χ2n) is 6.52. The average Bonchev–Trinajstić information content (AvgIpc) is 3.04. The first-order chi connectivity index (χ1) is 13.7. The smallest absolute Gasteiger partial charge is 0.407 e. The molecule has 2 amide bonds. The number of carbonyl (C=O) groups excluding carboxylic acids is 2. The molecule has 0 saturated heterocycles. The molecule has 6 heteroatoms. The van der Waals surface area contributed by atoms with Crippen LogP contribution in [0, 0.1) is 12.3 Å². The van der Waals surface area contributed by atoms with Crippen molar-refractivity contribution in [3.05, 3.63) is 59.7 Å². The molecule has 3 rings (SSSR count). The average molecular weight is 377 g/mol. The molecule has 1 aliphatic rings. The number of ether oxygens (including phenoxy) is 1. The highest BCUT2D eigenvalue weighted by atomic mass is 16.5. The molecule has 6 nitrogen and oxygen atoms in total. The minimum absolute atomic E-state index is 0.0404. The van der Waals surface area contributed by atoms with Crippen molar-refractivity contribution in [3.63, 3.8) is 0 Å². The minimum Gasteiger partial charge on any atom is -0.449 e. The van der Waals surface area contributed by atoms with Crippen molar-refractivity contribution in [2.24, 2.45) is 5.73 Å². The zero-order chi connectivity index (χ0) is 19.9. The minimum atomic E-state index is -0.783. The summed E-state index contributed by atoms with van der Waals surface area (Å²) in [5.41, 5.74) is 10.1. The largest absolute Gasteiger partial charge is 0.449 e. The molecule has 2 aromatic carbocycles. The van der Waals surface area contributed by atoms with Crippen LogP contribution in [0.5, 0.6) is 0 Å². The Bertz CT molecular complexity index is 858. The molecule has 1 unspecified atom stereocenters. The number of benzene rings is 2. The van der Waals surface area contributed by atoms with E-state index < -0.39 is 12.1 Å². The van der Waals surface area contributed by atoms with Gasteiger partial charge in [-0.15, -0.1) is 6.42 Å². The predicted molar refractivity (Wildman–Crippen MR) is 108 cm³/mol. The molecule has 1 atom stereocenters. The molecular weight excluding hydrogens is 354 g/mol. The molecule has 28 heavy (non-hydrogen) atoms. The van der Waals surface area contributed by atoms with Gasteiger partial charge in [0.15, 0.2) is 0 Å². The summed E-state index contributed by atoms with van der Waals surface area (Å²) in [6, 6.07) is 15.4. The number of amides is 2. The van der Waals surface area contributed by atoms with Gasteiger partial charge in [0.25, 0.3) is 0 Å². The number of terminal acetylenes is 1. The molecule has 0 spiro atoms. The molecule has 0 saturated carbocycles. The van der Waals surface area contributed by atoms with Crippen molar-refractivity contribution in [1.29, 1.82) is 0 Å². The summed E-state index contributed by atoms with van der Waals surface area (Å²) in [7, 11) is 0. The molecule has 4 N–H and O–H groups in total. The lowest BCUT2D eigenvalue weighted by molar-refractivity contribution is -0.122. The summed E-state index contributed by atoms with van der Waals surface area (Å²) in [5.74, 6) is 1.90. The molecule has 0 radical (unpaired) electrons. The Morgan fingerprint density at radius 3 is 2.29 bits per heavy atom. The first-order valence-electron chi connectivity index (χ1n) is 9.18. The van der Waals surface area contributed by atoms with E-state index in [2.05, 4.69) is 28.7 Å². The number of carbonyl (C=O) groups is 2. The molecule has 0 aromatic heterocycles. The lowest BCUT2D eigenvalue weighted by Gasteiger charge is -2.19. The summed E-state index contributed by atoms with van der Waals surface area (Å²) in [4.78, 5) is 24.4. The number of hydrogen-bond donors (Lipinski definition) is 3. The summed E-state index contributed by atoms with van der Waals surface area (Å²) < 4.78 is 5.46. The van der Waals surface area contributed by atoms with Gasteiger partial charge >= 0.3 is 6.09 Å². The van der Waals surface area contributed by atoms with Crippen molar-refractivity contribution >= 4 is 12.0 Å². The van der Waals surface area contributed by atoms with Gasteiger partial charge in [0, 0.05) is 5.92 Å². The van der Waals surface area contributed by atoms with Crippen molar-refractivity contribution in [2.75, 3.05) is 19.7 Å². The van der Waals surface area contributed by atoms with E-state index in [4.69, 9.17) is 16.9 Å². The van der Waals surface area contributed by atoms with E-state index in [1.165, 1.54) is 0 Å². The van der Waals surface area contributed by atoms with Crippen LogP contribution in [-0.4, -0.2) is 37.7 Å². The standard InChI is InChI=1S/C22H23N3O3/c1-2-13-24-21(26)20(11-12-23)25-22(27)28-14-19-17-9-5-3-7-15(17)16-8-4-6-10-18(16)19/h1,3-10,19-20H,11-14,23H2,(H,24,26)(H,25,27). The summed E-state index contributed by atoms with van der Waals surface area (Å²) in [6.45, 7) is 0.519. The summed E-state index contributed by atoms with van der Waals surface area (Å²) in [6.07, 6.45) is 4.78. The zero-order valence-corrected chi connectivity index (χ0v) is 15.5. The Labute approximate surface area is 164 Å². The van der Waals surface area contributed by atoms with Crippen molar-refractivity contribution in [3.8, 4) is 23.5 Å². The monoisotopic (exact) mass is 377 g/mol. The van der Waals surface area contributed by atoms with Crippen LogP contribution in [0.1, 0.15) is 23.5 Å². The number of nitrogens with one attached hydrogen (secondary N) is 2. The van der Waals surface area contributed by atoms with Gasteiger partial charge in [-0.25, -0.2) is 4.79 Å². The SMILES string of the molecule is C#CCNC(=O)C(CCN)NC(=O)OCC1c2ccccc2-c2ccccc21. The fraction of sp³-hybridized carbons (Fsp3) is 0.273. The number of rotatable bonds is 7. The van der Waals surface area contributed by atoms with Gasteiger partial charge in [-0.1, -0.05) is 54.5 Å². The Morgan fingerprint density at radius 2 is 1.71 bits per heavy atom.